The smallest absolute Gasteiger partial charge is 0.252 e. The van der Waals surface area contributed by atoms with Gasteiger partial charge in [0, 0.05) is 5.69 Å². The maximum Gasteiger partial charge on any atom is 0.252 e. The van der Waals surface area contributed by atoms with Crippen LogP contribution >= 0.6 is 0 Å². The summed E-state index contributed by atoms with van der Waals surface area (Å²) in [5.41, 5.74) is 2.76. The molecule has 0 fully saturated rings. The fraction of sp³-hybridized carbons (Fsp3) is 0.458. The van der Waals surface area contributed by atoms with Crippen LogP contribution in [0.3, 0.4) is 0 Å². The van der Waals surface area contributed by atoms with Gasteiger partial charge in [-0.3, -0.25) is 4.79 Å². The molecule has 0 unspecified atom stereocenters. The van der Waals surface area contributed by atoms with E-state index < -0.39 is 0 Å². The van der Waals surface area contributed by atoms with E-state index in [1.807, 2.05) is 41.9 Å². The number of nitrogens with one attached hydrogen (secondary N) is 1. The van der Waals surface area contributed by atoms with Gasteiger partial charge in [0.05, 0.1) is 35.8 Å². The third-order valence-electron chi connectivity index (χ3n) is 5.02. The van der Waals surface area contributed by atoms with Crippen molar-refractivity contribution in [2.45, 2.75) is 53.0 Å². The Morgan fingerprint density at radius 1 is 1.19 bits per heavy atom. The van der Waals surface area contributed by atoms with Gasteiger partial charge in [0.15, 0.2) is 17.1 Å². The van der Waals surface area contributed by atoms with Gasteiger partial charge in [-0.25, -0.2) is 9.67 Å². The molecule has 1 aromatic carbocycles. The predicted octanol–water partition coefficient (Wildman–Crippen LogP) is 4.44. The van der Waals surface area contributed by atoms with Crippen LogP contribution in [0.15, 0.2) is 30.3 Å². The van der Waals surface area contributed by atoms with Gasteiger partial charge < -0.3 is 14.8 Å². The number of carbonyl (C=O) groups is 1. The summed E-state index contributed by atoms with van der Waals surface area (Å²) in [7, 11) is 1.60. The molecule has 7 heteroatoms. The van der Waals surface area contributed by atoms with Crippen molar-refractivity contribution < 1.29 is 14.3 Å². The Balaban J connectivity index is 1.84. The first-order valence-electron chi connectivity index (χ1n) is 10.6. The van der Waals surface area contributed by atoms with Crippen molar-refractivity contribution >= 4 is 16.9 Å². The molecule has 31 heavy (non-hydrogen) atoms. The quantitative estimate of drug-likeness (QED) is 0.568. The Morgan fingerprint density at radius 3 is 2.48 bits per heavy atom. The van der Waals surface area contributed by atoms with Crippen molar-refractivity contribution in [3.05, 3.63) is 47.3 Å². The Bertz CT molecular complexity index is 1080. The van der Waals surface area contributed by atoms with E-state index in [-0.39, 0.29) is 17.4 Å². The maximum atomic E-state index is 13.1. The lowest BCUT2D eigenvalue weighted by Crippen LogP contribution is -2.29. The fourth-order valence-corrected chi connectivity index (χ4v) is 3.41. The maximum absolute atomic E-state index is 13.1. The van der Waals surface area contributed by atoms with E-state index >= 15 is 0 Å². The number of hydrogen-bond donors (Lipinski definition) is 1. The zero-order valence-corrected chi connectivity index (χ0v) is 19.4. The van der Waals surface area contributed by atoms with Crippen molar-refractivity contribution in [3.63, 3.8) is 0 Å². The first kappa shape index (κ1) is 22.6. The number of nitrogens with zero attached hydrogens (tertiary/aromatic N) is 3. The van der Waals surface area contributed by atoms with E-state index in [1.54, 1.807) is 7.11 Å². The average Bonchev–Trinajstić information content (AvgIpc) is 3.07. The Kier molecular flexibility index (Phi) is 6.53. The number of hydrogen-bond acceptors (Lipinski definition) is 5. The monoisotopic (exact) mass is 424 g/mol. The predicted molar refractivity (Wildman–Crippen MR) is 122 cm³/mol. The van der Waals surface area contributed by atoms with Crippen LogP contribution in [0.4, 0.5) is 0 Å². The molecular formula is C24H32N4O3. The first-order chi connectivity index (χ1) is 14.6. The van der Waals surface area contributed by atoms with Gasteiger partial charge in [-0.1, -0.05) is 26.0 Å². The number of aromatic nitrogens is 3. The molecule has 0 aliphatic carbocycles. The minimum Gasteiger partial charge on any atom is -0.493 e. The van der Waals surface area contributed by atoms with Crippen molar-refractivity contribution in [1.82, 2.24) is 20.1 Å². The summed E-state index contributed by atoms with van der Waals surface area (Å²) in [5.74, 6) is 1.34. The lowest BCUT2D eigenvalue weighted by atomic mass is 10.0. The van der Waals surface area contributed by atoms with Gasteiger partial charge in [0.25, 0.3) is 5.91 Å². The summed E-state index contributed by atoms with van der Waals surface area (Å²) in [6.07, 6.45) is 0. The van der Waals surface area contributed by atoms with Crippen molar-refractivity contribution in [2.24, 2.45) is 0 Å². The van der Waals surface area contributed by atoms with E-state index in [4.69, 9.17) is 19.6 Å². The van der Waals surface area contributed by atoms with Crippen molar-refractivity contribution in [3.8, 4) is 11.5 Å². The second-order valence-corrected chi connectivity index (χ2v) is 8.87. The number of methoxy groups -OCH3 is 1. The summed E-state index contributed by atoms with van der Waals surface area (Å²) in [5, 5.41) is 8.46. The van der Waals surface area contributed by atoms with Crippen LogP contribution in [0.1, 0.15) is 62.3 Å². The van der Waals surface area contributed by atoms with Gasteiger partial charge >= 0.3 is 0 Å². The van der Waals surface area contributed by atoms with Crippen LogP contribution in [0.2, 0.25) is 0 Å². The number of pyridine rings is 1. The number of amides is 1. The first-order valence-corrected chi connectivity index (χ1v) is 10.6. The molecule has 0 atom stereocenters. The lowest BCUT2D eigenvalue weighted by molar-refractivity contribution is 0.0948. The number of rotatable bonds is 7. The van der Waals surface area contributed by atoms with Gasteiger partial charge in [-0.15, -0.1) is 0 Å². The Hall–Kier alpha value is -3.09. The second kappa shape index (κ2) is 8.96. The third-order valence-corrected chi connectivity index (χ3v) is 5.02. The van der Waals surface area contributed by atoms with E-state index in [0.29, 0.717) is 30.2 Å². The molecule has 3 rings (SSSR count). The molecule has 1 N–H and O–H groups in total. The molecule has 0 aliphatic heterocycles. The molecule has 0 saturated heterocycles. The normalized spacial score (nSPS) is 11.7. The summed E-state index contributed by atoms with van der Waals surface area (Å²) < 4.78 is 13.0. The van der Waals surface area contributed by atoms with Crippen LogP contribution in [-0.2, 0) is 5.54 Å². The molecule has 0 bridgehead atoms. The lowest BCUT2D eigenvalue weighted by Gasteiger charge is -2.20. The van der Waals surface area contributed by atoms with Gasteiger partial charge in [-0.05, 0) is 51.8 Å². The largest absolute Gasteiger partial charge is 0.493 e. The Morgan fingerprint density at radius 2 is 1.87 bits per heavy atom. The van der Waals surface area contributed by atoms with E-state index in [0.717, 1.165) is 22.4 Å². The molecule has 2 aromatic heterocycles. The van der Waals surface area contributed by atoms with E-state index in [2.05, 4.69) is 39.9 Å². The minimum absolute atomic E-state index is 0.158. The SMILES string of the molecule is COc1ccccc1OCCNC(=O)c1cc(C(C)C)nc2c1c(C)nn2C(C)(C)C. The zero-order chi connectivity index (χ0) is 22.8. The Labute approximate surface area is 183 Å². The van der Waals surface area contributed by atoms with Crippen molar-refractivity contribution in [1.29, 1.82) is 0 Å². The molecule has 3 aromatic rings. The molecule has 0 spiro atoms. The zero-order valence-electron chi connectivity index (χ0n) is 19.4. The van der Waals surface area contributed by atoms with Crippen molar-refractivity contribution in [2.75, 3.05) is 20.3 Å². The number of benzene rings is 1. The second-order valence-electron chi connectivity index (χ2n) is 8.87. The number of carbonyl (C=O) groups excluding carboxylic acids is 1. The minimum atomic E-state index is -0.245. The van der Waals surface area contributed by atoms with Crippen LogP contribution in [0.25, 0.3) is 11.0 Å². The molecule has 0 aliphatic rings. The molecule has 1 amide bonds. The standard InChI is InChI=1S/C24H32N4O3/c1-15(2)18-14-17(21-16(3)27-28(22(21)26-18)24(4,5)6)23(29)25-12-13-31-20-11-9-8-10-19(20)30-7/h8-11,14-15H,12-13H2,1-7H3,(H,25,29). The molecule has 7 nitrogen and oxygen atoms in total. The topological polar surface area (TPSA) is 78.3 Å². The average molecular weight is 425 g/mol. The van der Waals surface area contributed by atoms with Crippen LogP contribution in [-0.4, -0.2) is 40.9 Å². The van der Waals surface area contributed by atoms with Crippen LogP contribution in [0, 0.1) is 6.92 Å². The fourth-order valence-electron chi connectivity index (χ4n) is 3.41. The molecule has 0 radical (unpaired) electrons. The molecule has 2 heterocycles. The highest BCUT2D eigenvalue weighted by Crippen LogP contribution is 2.29. The number of aryl methyl sites for hydroxylation is 1. The van der Waals surface area contributed by atoms with E-state index in [9.17, 15) is 4.79 Å². The third kappa shape index (κ3) is 4.81. The summed E-state index contributed by atoms with van der Waals surface area (Å²) in [4.78, 5) is 18.0. The summed E-state index contributed by atoms with van der Waals surface area (Å²) >= 11 is 0. The van der Waals surface area contributed by atoms with Gasteiger partial charge in [0.1, 0.15) is 6.61 Å². The van der Waals surface area contributed by atoms with Crippen LogP contribution < -0.4 is 14.8 Å². The summed E-state index contributed by atoms with van der Waals surface area (Å²) in [6, 6.07) is 9.32. The molecule has 0 saturated carbocycles. The number of para-hydroxylation sites is 2. The highest BCUT2D eigenvalue weighted by atomic mass is 16.5. The number of ether oxygens (including phenoxy) is 2. The molecular weight excluding hydrogens is 392 g/mol. The van der Waals surface area contributed by atoms with Gasteiger partial charge in [0.2, 0.25) is 0 Å². The highest BCUT2D eigenvalue weighted by Gasteiger charge is 2.25. The molecule has 166 valence electrons. The van der Waals surface area contributed by atoms with Crippen LogP contribution in [0.5, 0.6) is 11.5 Å². The summed E-state index contributed by atoms with van der Waals surface area (Å²) in [6.45, 7) is 13.0. The number of fused-ring (bicyclic) bond motifs is 1. The van der Waals surface area contributed by atoms with Gasteiger partial charge in [-0.2, -0.15) is 5.10 Å². The van der Waals surface area contributed by atoms with E-state index in [1.165, 1.54) is 0 Å². The highest BCUT2D eigenvalue weighted by molar-refractivity contribution is 6.06.